The molecule has 0 heterocycles. The van der Waals surface area contributed by atoms with Crippen molar-refractivity contribution in [3.05, 3.63) is 24.3 Å². The van der Waals surface area contributed by atoms with Gasteiger partial charge in [0.05, 0.1) is 5.54 Å². The highest BCUT2D eigenvalue weighted by molar-refractivity contribution is 6.00. The second-order valence-corrected chi connectivity index (χ2v) is 4.88. The average Bonchev–Trinajstić information content (AvgIpc) is 3.18. The number of nitrogens with one attached hydrogen (secondary N) is 2. The van der Waals surface area contributed by atoms with Gasteiger partial charge in [-0.15, -0.1) is 0 Å². The highest BCUT2D eigenvalue weighted by atomic mass is 16.5. The van der Waals surface area contributed by atoms with E-state index in [9.17, 15) is 9.59 Å². The molecule has 2 rings (SSSR count). The van der Waals surface area contributed by atoms with Crippen LogP contribution >= 0.6 is 0 Å². The lowest BCUT2D eigenvalue weighted by atomic mass is 10.2. The van der Waals surface area contributed by atoms with E-state index < -0.39 is 5.54 Å². The topological polar surface area (TPSA) is 93.5 Å². The average molecular weight is 277 g/mol. The Morgan fingerprint density at radius 3 is 2.50 bits per heavy atom. The molecule has 20 heavy (non-hydrogen) atoms. The Bertz CT molecular complexity index is 495. The van der Waals surface area contributed by atoms with E-state index in [0.717, 1.165) is 12.8 Å². The third-order valence-corrected chi connectivity index (χ3v) is 3.10. The number of ether oxygens (including phenoxy) is 1. The van der Waals surface area contributed by atoms with E-state index in [-0.39, 0.29) is 18.4 Å². The monoisotopic (exact) mass is 277 g/mol. The highest BCUT2D eigenvalue weighted by Crippen LogP contribution is 2.33. The Balaban J connectivity index is 1.83. The van der Waals surface area contributed by atoms with Crippen LogP contribution in [0.1, 0.15) is 19.8 Å². The summed E-state index contributed by atoms with van der Waals surface area (Å²) >= 11 is 0. The summed E-state index contributed by atoms with van der Waals surface area (Å²) in [5.74, 6) is 0.250. The van der Waals surface area contributed by atoms with Gasteiger partial charge in [-0.2, -0.15) is 0 Å². The van der Waals surface area contributed by atoms with Gasteiger partial charge in [0.1, 0.15) is 5.75 Å². The van der Waals surface area contributed by atoms with Crippen molar-refractivity contribution in [2.75, 3.05) is 18.5 Å². The van der Waals surface area contributed by atoms with Gasteiger partial charge in [0.25, 0.3) is 5.91 Å². The number of anilines is 1. The molecule has 1 aliphatic rings. The van der Waals surface area contributed by atoms with Gasteiger partial charge >= 0.3 is 0 Å². The molecule has 0 aromatic heterocycles. The van der Waals surface area contributed by atoms with Crippen LogP contribution in [-0.4, -0.2) is 30.5 Å². The zero-order valence-electron chi connectivity index (χ0n) is 11.4. The Kier molecular flexibility index (Phi) is 4.24. The number of hydrogen-bond donors (Lipinski definition) is 3. The van der Waals surface area contributed by atoms with Crippen molar-refractivity contribution < 1.29 is 14.3 Å². The summed E-state index contributed by atoms with van der Waals surface area (Å²) in [6, 6.07) is 6.84. The number of carbonyl (C=O) groups excluding carboxylic acids is 2. The number of benzene rings is 1. The Hall–Kier alpha value is -2.08. The zero-order chi connectivity index (χ0) is 14.6. The summed E-state index contributed by atoms with van der Waals surface area (Å²) in [5.41, 5.74) is 5.77. The molecule has 0 radical (unpaired) electrons. The molecule has 0 aliphatic heterocycles. The van der Waals surface area contributed by atoms with Gasteiger partial charge in [0.2, 0.25) is 5.91 Å². The molecule has 0 atom stereocenters. The van der Waals surface area contributed by atoms with Gasteiger partial charge in [-0.3, -0.25) is 9.59 Å². The first-order valence-electron chi connectivity index (χ1n) is 6.63. The molecular weight excluding hydrogens is 258 g/mol. The van der Waals surface area contributed by atoms with E-state index >= 15 is 0 Å². The first kappa shape index (κ1) is 14.3. The Morgan fingerprint density at radius 1 is 1.30 bits per heavy atom. The van der Waals surface area contributed by atoms with Gasteiger partial charge in [0, 0.05) is 12.2 Å². The van der Waals surface area contributed by atoms with Crippen molar-refractivity contribution in [2.24, 2.45) is 5.73 Å². The maximum Gasteiger partial charge on any atom is 0.257 e. The smallest absolute Gasteiger partial charge is 0.257 e. The Labute approximate surface area is 117 Å². The molecule has 2 amide bonds. The summed E-state index contributed by atoms with van der Waals surface area (Å²) < 4.78 is 5.31. The molecule has 1 aromatic carbocycles. The van der Waals surface area contributed by atoms with Gasteiger partial charge < -0.3 is 21.1 Å². The molecule has 0 unspecified atom stereocenters. The molecule has 1 aliphatic carbocycles. The van der Waals surface area contributed by atoms with E-state index in [4.69, 9.17) is 10.5 Å². The van der Waals surface area contributed by atoms with Crippen molar-refractivity contribution in [1.29, 1.82) is 0 Å². The number of rotatable bonds is 6. The minimum Gasteiger partial charge on any atom is -0.484 e. The lowest BCUT2D eigenvalue weighted by molar-refractivity contribution is -0.123. The summed E-state index contributed by atoms with van der Waals surface area (Å²) in [5, 5.41) is 5.40. The molecule has 6 heteroatoms. The number of carbonyl (C=O) groups is 2. The molecule has 0 spiro atoms. The highest BCUT2D eigenvalue weighted by Gasteiger charge is 2.45. The SMILES string of the molecule is CCNC(=O)COc1ccc(NC(=O)C2(N)CC2)cc1. The van der Waals surface area contributed by atoms with Crippen molar-refractivity contribution in [2.45, 2.75) is 25.3 Å². The van der Waals surface area contributed by atoms with Gasteiger partial charge in [-0.25, -0.2) is 0 Å². The minimum absolute atomic E-state index is 0.0224. The van der Waals surface area contributed by atoms with Gasteiger partial charge in [-0.1, -0.05) is 0 Å². The molecule has 1 fully saturated rings. The summed E-state index contributed by atoms with van der Waals surface area (Å²) in [6.07, 6.45) is 1.46. The van der Waals surface area contributed by atoms with Crippen LogP contribution < -0.4 is 21.1 Å². The van der Waals surface area contributed by atoms with Gasteiger partial charge in [0.15, 0.2) is 6.61 Å². The van der Waals surface area contributed by atoms with Crippen LogP contribution in [0.5, 0.6) is 5.75 Å². The van der Waals surface area contributed by atoms with Crippen LogP contribution in [0.15, 0.2) is 24.3 Å². The predicted octanol–water partition coefficient (Wildman–Crippen LogP) is 0.631. The molecule has 1 aromatic rings. The number of amides is 2. The predicted molar refractivity (Wildman–Crippen MR) is 75.4 cm³/mol. The fraction of sp³-hybridized carbons (Fsp3) is 0.429. The summed E-state index contributed by atoms with van der Waals surface area (Å²) in [6.45, 7) is 2.40. The van der Waals surface area contributed by atoms with Crippen LogP contribution in [0.3, 0.4) is 0 Å². The maximum absolute atomic E-state index is 11.7. The van der Waals surface area contributed by atoms with Crippen LogP contribution in [0.2, 0.25) is 0 Å². The van der Waals surface area contributed by atoms with E-state index in [0.29, 0.717) is 18.0 Å². The fourth-order valence-electron chi connectivity index (χ4n) is 1.65. The normalized spacial score (nSPS) is 15.3. The molecule has 0 saturated heterocycles. The molecule has 4 N–H and O–H groups in total. The molecule has 0 bridgehead atoms. The van der Waals surface area contributed by atoms with E-state index in [1.165, 1.54) is 0 Å². The van der Waals surface area contributed by atoms with Crippen LogP contribution in [0.4, 0.5) is 5.69 Å². The fourth-order valence-corrected chi connectivity index (χ4v) is 1.65. The second-order valence-electron chi connectivity index (χ2n) is 4.88. The van der Waals surface area contributed by atoms with Crippen molar-refractivity contribution >= 4 is 17.5 Å². The lowest BCUT2D eigenvalue weighted by Crippen LogP contribution is -2.37. The third-order valence-electron chi connectivity index (χ3n) is 3.10. The number of hydrogen-bond acceptors (Lipinski definition) is 4. The summed E-state index contributed by atoms with van der Waals surface area (Å²) in [7, 11) is 0. The van der Waals surface area contributed by atoms with E-state index in [2.05, 4.69) is 10.6 Å². The number of likely N-dealkylation sites (N-methyl/N-ethyl adjacent to an activating group) is 1. The van der Waals surface area contributed by atoms with Crippen molar-refractivity contribution in [1.82, 2.24) is 5.32 Å². The third kappa shape index (κ3) is 3.71. The quantitative estimate of drug-likeness (QED) is 0.711. The second kappa shape index (κ2) is 5.92. The van der Waals surface area contributed by atoms with Crippen molar-refractivity contribution in [3.63, 3.8) is 0 Å². The largest absolute Gasteiger partial charge is 0.484 e. The Morgan fingerprint density at radius 2 is 1.95 bits per heavy atom. The standard InChI is InChI=1S/C14H19N3O3/c1-2-16-12(18)9-20-11-5-3-10(4-6-11)17-13(19)14(15)7-8-14/h3-6H,2,7-9,15H2,1H3,(H,16,18)(H,17,19). The van der Waals surface area contributed by atoms with E-state index in [1.54, 1.807) is 24.3 Å². The van der Waals surface area contributed by atoms with Gasteiger partial charge in [-0.05, 0) is 44.0 Å². The molecule has 1 saturated carbocycles. The van der Waals surface area contributed by atoms with Crippen LogP contribution in [0, 0.1) is 0 Å². The summed E-state index contributed by atoms with van der Waals surface area (Å²) in [4.78, 5) is 23.0. The van der Waals surface area contributed by atoms with Crippen LogP contribution in [-0.2, 0) is 9.59 Å². The van der Waals surface area contributed by atoms with E-state index in [1.807, 2.05) is 6.92 Å². The zero-order valence-corrected chi connectivity index (χ0v) is 11.4. The molecule has 108 valence electrons. The molecule has 6 nitrogen and oxygen atoms in total. The van der Waals surface area contributed by atoms with Crippen molar-refractivity contribution in [3.8, 4) is 5.75 Å². The minimum atomic E-state index is -0.687. The maximum atomic E-state index is 11.7. The van der Waals surface area contributed by atoms with Crippen LogP contribution in [0.25, 0.3) is 0 Å². The molecular formula is C14H19N3O3. The first-order chi connectivity index (χ1) is 9.53. The number of nitrogens with two attached hydrogens (primary N) is 1. The first-order valence-corrected chi connectivity index (χ1v) is 6.63. The lowest BCUT2D eigenvalue weighted by Gasteiger charge is -2.11.